The quantitative estimate of drug-likeness (QED) is 0.806. The first kappa shape index (κ1) is 12.7. The molecule has 0 fully saturated rings. The summed E-state index contributed by atoms with van der Waals surface area (Å²) in [6.45, 7) is 1.37. The summed E-state index contributed by atoms with van der Waals surface area (Å²) in [5.74, 6) is 0. The molecule has 0 aliphatic carbocycles. The molecule has 5 heteroatoms. The molecular formula is C13H18N4O. The number of methoxy groups -OCH3 is 1. The fourth-order valence-corrected chi connectivity index (χ4v) is 1.84. The molecule has 18 heavy (non-hydrogen) atoms. The molecule has 1 unspecified atom stereocenters. The molecule has 1 atom stereocenters. The van der Waals surface area contributed by atoms with Crippen LogP contribution in [0.1, 0.15) is 6.42 Å². The van der Waals surface area contributed by atoms with Crippen molar-refractivity contribution in [2.75, 3.05) is 25.6 Å². The Morgan fingerprint density at radius 3 is 3.06 bits per heavy atom. The van der Waals surface area contributed by atoms with E-state index >= 15 is 0 Å². The summed E-state index contributed by atoms with van der Waals surface area (Å²) in [5, 5.41) is 12.5. The van der Waals surface area contributed by atoms with E-state index in [0.717, 1.165) is 29.6 Å². The van der Waals surface area contributed by atoms with Crippen molar-refractivity contribution >= 4 is 16.6 Å². The second-order valence-corrected chi connectivity index (χ2v) is 4.21. The number of ether oxygens (including phenoxy) is 1. The average Bonchev–Trinajstić information content (AvgIpc) is 2.39. The standard InChI is InChI=1S/C13H18N4O/c1-18-9-10(14)6-7-15-13-8-16-17-12-5-3-2-4-11(12)13/h2-5,8,10H,6-7,9,14H2,1H3,(H,15,17). The Morgan fingerprint density at radius 2 is 2.22 bits per heavy atom. The van der Waals surface area contributed by atoms with Gasteiger partial charge in [0, 0.05) is 25.1 Å². The van der Waals surface area contributed by atoms with Gasteiger partial charge in [-0.1, -0.05) is 18.2 Å². The van der Waals surface area contributed by atoms with Crippen LogP contribution >= 0.6 is 0 Å². The van der Waals surface area contributed by atoms with Crippen LogP contribution < -0.4 is 11.1 Å². The minimum Gasteiger partial charge on any atom is -0.383 e. The molecule has 3 N–H and O–H groups in total. The van der Waals surface area contributed by atoms with Gasteiger partial charge in [-0.2, -0.15) is 10.2 Å². The number of nitrogens with two attached hydrogens (primary N) is 1. The fourth-order valence-electron chi connectivity index (χ4n) is 1.84. The van der Waals surface area contributed by atoms with Crippen LogP contribution in [-0.2, 0) is 4.74 Å². The molecule has 0 aliphatic rings. The Labute approximate surface area is 106 Å². The van der Waals surface area contributed by atoms with Gasteiger partial charge >= 0.3 is 0 Å². The smallest absolute Gasteiger partial charge is 0.0950 e. The first-order chi connectivity index (χ1) is 8.81. The van der Waals surface area contributed by atoms with Crippen molar-refractivity contribution in [3.05, 3.63) is 30.5 Å². The third kappa shape index (κ3) is 3.15. The highest BCUT2D eigenvalue weighted by Crippen LogP contribution is 2.19. The minimum atomic E-state index is 0.0589. The van der Waals surface area contributed by atoms with Crippen molar-refractivity contribution in [1.82, 2.24) is 10.2 Å². The van der Waals surface area contributed by atoms with E-state index < -0.39 is 0 Å². The van der Waals surface area contributed by atoms with Gasteiger partial charge in [0.15, 0.2) is 0 Å². The molecule has 0 saturated carbocycles. The zero-order valence-electron chi connectivity index (χ0n) is 10.5. The first-order valence-electron chi connectivity index (χ1n) is 6.00. The zero-order valence-corrected chi connectivity index (χ0v) is 10.5. The van der Waals surface area contributed by atoms with E-state index in [2.05, 4.69) is 15.5 Å². The minimum absolute atomic E-state index is 0.0589. The number of hydrogen-bond acceptors (Lipinski definition) is 5. The normalized spacial score (nSPS) is 12.6. The first-order valence-corrected chi connectivity index (χ1v) is 6.00. The summed E-state index contributed by atoms with van der Waals surface area (Å²) in [7, 11) is 1.66. The summed E-state index contributed by atoms with van der Waals surface area (Å²) in [6, 6.07) is 7.98. The molecule has 0 saturated heterocycles. The van der Waals surface area contributed by atoms with Crippen LogP contribution in [0.4, 0.5) is 5.69 Å². The van der Waals surface area contributed by atoms with Crippen molar-refractivity contribution in [3.8, 4) is 0 Å². The topological polar surface area (TPSA) is 73.1 Å². The highest BCUT2D eigenvalue weighted by atomic mass is 16.5. The van der Waals surface area contributed by atoms with Crippen molar-refractivity contribution in [1.29, 1.82) is 0 Å². The lowest BCUT2D eigenvalue weighted by atomic mass is 10.2. The molecule has 1 aromatic carbocycles. The van der Waals surface area contributed by atoms with E-state index in [1.165, 1.54) is 0 Å². The molecule has 0 bridgehead atoms. The van der Waals surface area contributed by atoms with E-state index in [9.17, 15) is 0 Å². The Bertz CT molecular complexity index is 498. The van der Waals surface area contributed by atoms with Crippen LogP contribution in [0.3, 0.4) is 0 Å². The number of nitrogens with zero attached hydrogens (tertiary/aromatic N) is 2. The third-order valence-corrected chi connectivity index (χ3v) is 2.76. The second kappa shape index (κ2) is 6.28. The van der Waals surface area contributed by atoms with Crippen molar-refractivity contribution in [3.63, 3.8) is 0 Å². The highest BCUT2D eigenvalue weighted by molar-refractivity contribution is 5.90. The molecule has 1 heterocycles. The van der Waals surface area contributed by atoms with E-state index in [0.29, 0.717) is 6.61 Å². The molecule has 0 radical (unpaired) electrons. The SMILES string of the molecule is COCC(N)CCNc1cnnc2ccccc12. The number of aromatic nitrogens is 2. The maximum atomic E-state index is 5.87. The molecule has 0 amide bonds. The number of nitrogens with one attached hydrogen (secondary N) is 1. The van der Waals surface area contributed by atoms with E-state index in [1.807, 2.05) is 24.3 Å². The molecule has 2 aromatic rings. The average molecular weight is 246 g/mol. The molecule has 1 aromatic heterocycles. The van der Waals surface area contributed by atoms with Crippen LogP contribution in [0.15, 0.2) is 30.5 Å². The van der Waals surface area contributed by atoms with E-state index in [1.54, 1.807) is 13.3 Å². The summed E-state index contributed by atoms with van der Waals surface area (Å²) in [4.78, 5) is 0. The Morgan fingerprint density at radius 1 is 1.39 bits per heavy atom. The van der Waals surface area contributed by atoms with Crippen LogP contribution in [0, 0.1) is 0 Å². The Kier molecular flexibility index (Phi) is 4.44. The second-order valence-electron chi connectivity index (χ2n) is 4.21. The number of rotatable bonds is 6. The predicted octanol–water partition coefficient (Wildman–Crippen LogP) is 1.41. The van der Waals surface area contributed by atoms with Gasteiger partial charge in [-0.25, -0.2) is 0 Å². The lowest BCUT2D eigenvalue weighted by Gasteiger charge is -2.12. The monoisotopic (exact) mass is 246 g/mol. The number of anilines is 1. The predicted molar refractivity (Wildman–Crippen MR) is 72.5 cm³/mol. The Balaban J connectivity index is 1.99. The summed E-state index contributed by atoms with van der Waals surface area (Å²) < 4.78 is 5.00. The van der Waals surface area contributed by atoms with Gasteiger partial charge in [-0.3, -0.25) is 0 Å². The van der Waals surface area contributed by atoms with Gasteiger partial charge in [-0.15, -0.1) is 0 Å². The van der Waals surface area contributed by atoms with Crippen LogP contribution in [0.2, 0.25) is 0 Å². The summed E-state index contributed by atoms with van der Waals surface area (Å²) in [5.41, 5.74) is 7.75. The molecule has 96 valence electrons. The van der Waals surface area contributed by atoms with Gasteiger partial charge < -0.3 is 15.8 Å². The zero-order chi connectivity index (χ0) is 12.8. The molecule has 5 nitrogen and oxygen atoms in total. The van der Waals surface area contributed by atoms with Gasteiger partial charge in [0.1, 0.15) is 0 Å². The molecule has 0 aliphatic heterocycles. The van der Waals surface area contributed by atoms with Crippen molar-refractivity contribution < 1.29 is 4.74 Å². The lowest BCUT2D eigenvalue weighted by molar-refractivity contribution is 0.178. The van der Waals surface area contributed by atoms with Crippen molar-refractivity contribution in [2.24, 2.45) is 5.73 Å². The number of fused-ring (bicyclic) bond motifs is 1. The fraction of sp³-hybridized carbons (Fsp3) is 0.385. The molecule has 0 spiro atoms. The van der Waals surface area contributed by atoms with E-state index in [-0.39, 0.29) is 6.04 Å². The Hall–Kier alpha value is -1.72. The lowest BCUT2D eigenvalue weighted by Crippen LogP contribution is -2.28. The van der Waals surface area contributed by atoms with Gasteiger partial charge in [0.05, 0.1) is 24.0 Å². The molecular weight excluding hydrogens is 228 g/mol. The summed E-state index contributed by atoms with van der Waals surface area (Å²) >= 11 is 0. The van der Waals surface area contributed by atoms with Gasteiger partial charge in [0.25, 0.3) is 0 Å². The van der Waals surface area contributed by atoms with Crippen LogP contribution in [0.25, 0.3) is 10.9 Å². The maximum absolute atomic E-state index is 5.87. The molecule has 2 rings (SSSR count). The van der Waals surface area contributed by atoms with Crippen molar-refractivity contribution in [2.45, 2.75) is 12.5 Å². The van der Waals surface area contributed by atoms with Crippen LogP contribution in [0.5, 0.6) is 0 Å². The third-order valence-electron chi connectivity index (χ3n) is 2.76. The largest absolute Gasteiger partial charge is 0.383 e. The highest BCUT2D eigenvalue weighted by Gasteiger charge is 2.04. The summed E-state index contributed by atoms with van der Waals surface area (Å²) in [6.07, 6.45) is 2.59. The number of hydrogen-bond donors (Lipinski definition) is 2. The van der Waals surface area contributed by atoms with Gasteiger partial charge in [-0.05, 0) is 12.5 Å². The van der Waals surface area contributed by atoms with Gasteiger partial charge in [0.2, 0.25) is 0 Å². The maximum Gasteiger partial charge on any atom is 0.0950 e. The van der Waals surface area contributed by atoms with E-state index in [4.69, 9.17) is 10.5 Å². The van der Waals surface area contributed by atoms with Crippen LogP contribution in [-0.4, -0.2) is 36.5 Å². The number of benzene rings is 1.